The Labute approximate surface area is 178 Å². The largest absolute Gasteiger partial charge is 0.508 e. The van der Waals surface area contributed by atoms with Crippen molar-refractivity contribution in [1.29, 1.82) is 0 Å². The molecule has 0 radical (unpaired) electrons. The Morgan fingerprint density at radius 2 is 1.84 bits per heavy atom. The van der Waals surface area contributed by atoms with Gasteiger partial charge in [-0.15, -0.1) is 0 Å². The molecule has 4 rings (SSSR count). The number of amides is 1. The van der Waals surface area contributed by atoms with Crippen LogP contribution in [0.1, 0.15) is 21.5 Å². The fourth-order valence-electron chi connectivity index (χ4n) is 3.14. The van der Waals surface area contributed by atoms with Crippen LogP contribution in [0.5, 0.6) is 11.5 Å². The minimum absolute atomic E-state index is 0.00818. The third-order valence-electron chi connectivity index (χ3n) is 4.65. The van der Waals surface area contributed by atoms with Crippen LogP contribution in [0.4, 0.5) is 0 Å². The highest BCUT2D eigenvalue weighted by Gasteiger charge is 2.13. The molecule has 0 aliphatic rings. The summed E-state index contributed by atoms with van der Waals surface area (Å²) >= 11 is 0. The predicted molar refractivity (Wildman–Crippen MR) is 119 cm³/mol. The summed E-state index contributed by atoms with van der Waals surface area (Å²) in [7, 11) is 0. The number of benzene rings is 3. The molecule has 0 aliphatic heterocycles. The molecule has 7 heteroatoms. The summed E-state index contributed by atoms with van der Waals surface area (Å²) in [4.78, 5) is 12.3. The summed E-state index contributed by atoms with van der Waals surface area (Å²) in [5.41, 5.74) is 6.77. The third-order valence-corrected chi connectivity index (χ3v) is 4.65. The third kappa shape index (κ3) is 4.45. The number of carbonyl (C=O) groups excluding carboxylic acids is 1. The molecule has 4 aromatic rings. The summed E-state index contributed by atoms with van der Waals surface area (Å²) < 4.78 is 1.76. The molecular formula is C24H20N4O3. The maximum absolute atomic E-state index is 12.3. The molecule has 7 nitrogen and oxygen atoms in total. The normalized spacial score (nSPS) is 11.0. The van der Waals surface area contributed by atoms with Gasteiger partial charge in [0.2, 0.25) is 0 Å². The Bertz CT molecular complexity index is 1260. The van der Waals surface area contributed by atoms with Crippen LogP contribution in [0, 0.1) is 6.92 Å². The van der Waals surface area contributed by atoms with E-state index in [1.165, 1.54) is 18.3 Å². The Morgan fingerprint density at radius 3 is 2.58 bits per heavy atom. The lowest BCUT2D eigenvalue weighted by Crippen LogP contribution is -2.17. The van der Waals surface area contributed by atoms with Gasteiger partial charge in [0.05, 0.1) is 17.5 Å². The highest BCUT2D eigenvalue weighted by Crippen LogP contribution is 2.24. The van der Waals surface area contributed by atoms with E-state index in [9.17, 15) is 15.0 Å². The van der Waals surface area contributed by atoms with E-state index >= 15 is 0 Å². The fraction of sp³-hybridized carbons (Fsp3) is 0.0417. The lowest BCUT2D eigenvalue weighted by Gasteiger charge is -2.03. The topological polar surface area (TPSA) is 99.7 Å². The minimum atomic E-state index is -0.596. The van der Waals surface area contributed by atoms with E-state index < -0.39 is 5.91 Å². The van der Waals surface area contributed by atoms with Gasteiger partial charge in [-0.2, -0.15) is 10.2 Å². The zero-order valence-electron chi connectivity index (χ0n) is 16.7. The molecule has 1 aromatic heterocycles. The molecule has 0 saturated heterocycles. The Kier molecular flexibility index (Phi) is 5.49. The summed E-state index contributed by atoms with van der Waals surface area (Å²) in [6, 6.07) is 21.4. The van der Waals surface area contributed by atoms with E-state index in [1.54, 1.807) is 4.68 Å². The SMILES string of the molecule is Cc1cccc(-c2nn(-c3ccccc3)cc2/C=N/NC(=O)c2ccc(O)cc2O)c1. The van der Waals surface area contributed by atoms with Crippen molar-refractivity contribution in [1.82, 2.24) is 15.2 Å². The highest BCUT2D eigenvalue weighted by molar-refractivity contribution is 5.98. The van der Waals surface area contributed by atoms with Crippen molar-refractivity contribution in [3.63, 3.8) is 0 Å². The van der Waals surface area contributed by atoms with Gasteiger partial charge in [0, 0.05) is 23.4 Å². The zero-order chi connectivity index (χ0) is 21.8. The van der Waals surface area contributed by atoms with Crippen LogP contribution in [0.3, 0.4) is 0 Å². The maximum atomic E-state index is 12.3. The summed E-state index contributed by atoms with van der Waals surface area (Å²) in [5.74, 6) is -1.06. The molecule has 1 heterocycles. The van der Waals surface area contributed by atoms with E-state index in [1.807, 2.05) is 67.7 Å². The number of hydrazone groups is 1. The van der Waals surface area contributed by atoms with Crippen molar-refractivity contribution in [3.8, 4) is 28.4 Å². The van der Waals surface area contributed by atoms with Gasteiger partial charge in [-0.25, -0.2) is 10.1 Å². The van der Waals surface area contributed by atoms with Crippen molar-refractivity contribution in [2.75, 3.05) is 0 Å². The minimum Gasteiger partial charge on any atom is -0.508 e. The van der Waals surface area contributed by atoms with E-state index in [-0.39, 0.29) is 17.1 Å². The molecule has 0 bridgehead atoms. The highest BCUT2D eigenvalue weighted by atomic mass is 16.3. The van der Waals surface area contributed by atoms with Crippen LogP contribution < -0.4 is 5.43 Å². The van der Waals surface area contributed by atoms with Crippen LogP contribution in [-0.2, 0) is 0 Å². The average molecular weight is 412 g/mol. The fourth-order valence-corrected chi connectivity index (χ4v) is 3.14. The number of hydrogen-bond acceptors (Lipinski definition) is 5. The lowest BCUT2D eigenvalue weighted by atomic mass is 10.1. The number of aryl methyl sites for hydroxylation is 1. The zero-order valence-corrected chi connectivity index (χ0v) is 16.7. The standard InChI is InChI=1S/C24H20N4O3/c1-16-6-5-7-17(12-16)23-18(15-28(27-23)19-8-3-2-4-9-19)14-25-26-24(31)21-11-10-20(29)13-22(21)30/h2-15,29-30H,1H3,(H,26,31)/b25-14+. The molecule has 0 atom stereocenters. The van der Waals surface area contributed by atoms with Gasteiger partial charge in [0.25, 0.3) is 5.91 Å². The molecule has 0 saturated carbocycles. The molecule has 0 fully saturated rings. The summed E-state index contributed by atoms with van der Waals surface area (Å²) in [6.45, 7) is 2.01. The Morgan fingerprint density at radius 1 is 1.03 bits per heavy atom. The second-order valence-corrected chi connectivity index (χ2v) is 6.98. The van der Waals surface area contributed by atoms with Crippen LogP contribution in [0.25, 0.3) is 16.9 Å². The van der Waals surface area contributed by atoms with Gasteiger partial charge in [-0.05, 0) is 37.3 Å². The number of nitrogens with one attached hydrogen (secondary N) is 1. The van der Waals surface area contributed by atoms with Crippen molar-refractivity contribution in [2.45, 2.75) is 6.92 Å². The van der Waals surface area contributed by atoms with Crippen LogP contribution in [-0.4, -0.2) is 32.1 Å². The smallest absolute Gasteiger partial charge is 0.275 e. The first-order valence-electron chi connectivity index (χ1n) is 9.59. The van der Waals surface area contributed by atoms with Crippen molar-refractivity contribution in [2.24, 2.45) is 5.10 Å². The summed E-state index contributed by atoms with van der Waals surface area (Å²) in [6.07, 6.45) is 3.35. The van der Waals surface area contributed by atoms with E-state index in [2.05, 4.69) is 10.5 Å². The van der Waals surface area contributed by atoms with Gasteiger partial charge in [0.1, 0.15) is 17.2 Å². The second kappa shape index (κ2) is 8.54. The number of phenolic OH excluding ortho intramolecular Hbond substituents is 2. The molecule has 3 N–H and O–H groups in total. The number of rotatable bonds is 5. The monoisotopic (exact) mass is 412 g/mol. The predicted octanol–water partition coefficient (Wildman–Crippen LogP) is 4.02. The number of aromatic nitrogens is 2. The number of aromatic hydroxyl groups is 2. The number of nitrogens with zero attached hydrogens (tertiary/aromatic N) is 3. The number of phenols is 2. The van der Waals surface area contributed by atoms with Gasteiger partial charge in [-0.1, -0.05) is 42.0 Å². The molecule has 154 valence electrons. The Balaban J connectivity index is 1.64. The molecule has 0 aliphatic carbocycles. The maximum Gasteiger partial charge on any atom is 0.275 e. The number of hydrogen-bond donors (Lipinski definition) is 3. The van der Waals surface area contributed by atoms with Gasteiger partial charge in [0.15, 0.2) is 0 Å². The van der Waals surface area contributed by atoms with Crippen molar-refractivity contribution in [3.05, 3.63) is 95.7 Å². The Hall–Kier alpha value is -4.39. The molecule has 0 spiro atoms. The first kappa shape index (κ1) is 19.9. The second-order valence-electron chi connectivity index (χ2n) is 6.98. The lowest BCUT2D eigenvalue weighted by molar-refractivity contribution is 0.0952. The van der Waals surface area contributed by atoms with Gasteiger partial charge in [-0.3, -0.25) is 4.79 Å². The first-order chi connectivity index (χ1) is 15.0. The van der Waals surface area contributed by atoms with E-state index in [0.29, 0.717) is 5.56 Å². The molecule has 1 amide bonds. The van der Waals surface area contributed by atoms with Gasteiger partial charge < -0.3 is 10.2 Å². The van der Waals surface area contributed by atoms with Crippen LogP contribution in [0.2, 0.25) is 0 Å². The molecular weight excluding hydrogens is 392 g/mol. The van der Waals surface area contributed by atoms with Crippen molar-refractivity contribution < 1.29 is 15.0 Å². The average Bonchev–Trinajstić information content (AvgIpc) is 3.18. The van der Waals surface area contributed by atoms with Crippen LogP contribution in [0.15, 0.2) is 84.1 Å². The molecule has 0 unspecified atom stereocenters. The van der Waals surface area contributed by atoms with Crippen molar-refractivity contribution >= 4 is 12.1 Å². The number of carbonyl (C=O) groups is 1. The molecule has 31 heavy (non-hydrogen) atoms. The van der Waals surface area contributed by atoms with E-state index in [4.69, 9.17) is 5.10 Å². The van der Waals surface area contributed by atoms with E-state index in [0.717, 1.165) is 28.6 Å². The summed E-state index contributed by atoms with van der Waals surface area (Å²) in [5, 5.41) is 28.0. The number of para-hydroxylation sites is 1. The quantitative estimate of drug-likeness (QED) is 0.340. The molecule has 3 aromatic carbocycles. The van der Waals surface area contributed by atoms with Crippen LogP contribution >= 0.6 is 0 Å². The van der Waals surface area contributed by atoms with Gasteiger partial charge >= 0.3 is 0 Å². The first-order valence-corrected chi connectivity index (χ1v) is 9.59.